The van der Waals surface area contributed by atoms with Gasteiger partial charge in [0.2, 0.25) is 11.8 Å². The molecule has 1 amide bonds. The first-order valence-electron chi connectivity index (χ1n) is 7.81. The van der Waals surface area contributed by atoms with Gasteiger partial charge in [-0.25, -0.2) is 0 Å². The quantitative estimate of drug-likeness (QED) is 0.733. The lowest BCUT2D eigenvalue weighted by Crippen LogP contribution is -2.41. The first kappa shape index (κ1) is 15.4. The molecule has 122 valence electrons. The van der Waals surface area contributed by atoms with Crippen molar-refractivity contribution >= 4 is 5.91 Å². The van der Waals surface area contributed by atoms with E-state index in [-0.39, 0.29) is 5.91 Å². The average Bonchev–Trinajstić information content (AvgIpc) is 3.25. The molecule has 1 aromatic heterocycles. The highest BCUT2D eigenvalue weighted by Gasteiger charge is 2.30. The van der Waals surface area contributed by atoms with Gasteiger partial charge < -0.3 is 19.8 Å². The molecule has 1 saturated carbocycles. The van der Waals surface area contributed by atoms with Crippen molar-refractivity contribution < 1.29 is 14.4 Å². The molecule has 8 heteroatoms. The number of likely N-dealkylation sites (N-methyl/N-ethyl adjacent to an activating group) is 1. The fourth-order valence-electron chi connectivity index (χ4n) is 2.72. The van der Waals surface area contributed by atoms with Crippen LogP contribution in [0.2, 0.25) is 0 Å². The first-order chi connectivity index (χ1) is 10.7. The van der Waals surface area contributed by atoms with Gasteiger partial charge >= 0.3 is 0 Å². The molecule has 2 aliphatic rings. The topological polar surface area (TPSA) is 94.7 Å². The Morgan fingerprint density at radius 1 is 1.41 bits per heavy atom. The number of amides is 1. The van der Waals surface area contributed by atoms with Crippen LogP contribution in [-0.4, -0.2) is 76.8 Å². The van der Waals surface area contributed by atoms with Gasteiger partial charge in [0.1, 0.15) is 0 Å². The Hall–Kier alpha value is -1.51. The molecule has 2 N–H and O–H groups in total. The normalized spacial score (nSPS) is 23.5. The van der Waals surface area contributed by atoms with Crippen LogP contribution in [-0.2, 0) is 11.3 Å². The third-order valence-electron chi connectivity index (χ3n) is 4.05. The minimum atomic E-state index is -0.561. The molecule has 0 spiro atoms. The number of hydrogen-bond donors (Lipinski definition) is 2. The standard InChI is InChI=1S/C14H23N5O3/c1-15-6-13(21)19-5-4-18(7-11(20)8-19)9-12-16-14(17-22-12)10-2-3-10/h10-11,15,20H,2-9H2,1H3/t11-/m1/s1. The SMILES string of the molecule is CNCC(=O)N1CCN(Cc2nc(C3CC3)no2)C[C@@H](O)C1. The van der Waals surface area contributed by atoms with Crippen molar-refractivity contribution in [2.24, 2.45) is 0 Å². The van der Waals surface area contributed by atoms with E-state index in [0.29, 0.717) is 51.1 Å². The number of carbonyl (C=O) groups excluding carboxylic acids is 1. The Morgan fingerprint density at radius 2 is 2.23 bits per heavy atom. The Morgan fingerprint density at radius 3 is 2.95 bits per heavy atom. The molecule has 2 fully saturated rings. The van der Waals surface area contributed by atoms with Crippen molar-refractivity contribution in [3.8, 4) is 0 Å². The zero-order chi connectivity index (χ0) is 15.5. The summed E-state index contributed by atoms with van der Waals surface area (Å²) in [6, 6.07) is 0. The Bertz CT molecular complexity index is 516. The zero-order valence-electron chi connectivity index (χ0n) is 12.9. The van der Waals surface area contributed by atoms with E-state index in [1.165, 1.54) is 0 Å². The number of hydrogen-bond acceptors (Lipinski definition) is 7. The van der Waals surface area contributed by atoms with Crippen molar-refractivity contribution in [3.05, 3.63) is 11.7 Å². The van der Waals surface area contributed by atoms with Gasteiger partial charge in [-0.1, -0.05) is 5.16 Å². The van der Waals surface area contributed by atoms with Crippen molar-refractivity contribution in [3.63, 3.8) is 0 Å². The average molecular weight is 309 g/mol. The molecule has 8 nitrogen and oxygen atoms in total. The van der Waals surface area contributed by atoms with Crippen LogP contribution in [0, 0.1) is 0 Å². The van der Waals surface area contributed by atoms with E-state index < -0.39 is 6.10 Å². The third kappa shape index (κ3) is 3.82. The molecule has 1 saturated heterocycles. The molecule has 1 atom stereocenters. The minimum Gasteiger partial charge on any atom is -0.390 e. The molecule has 1 aliphatic carbocycles. The molecular weight excluding hydrogens is 286 g/mol. The van der Waals surface area contributed by atoms with Crippen LogP contribution >= 0.6 is 0 Å². The lowest BCUT2D eigenvalue weighted by Gasteiger charge is -2.21. The fourth-order valence-corrected chi connectivity index (χ4v) is 2.72. The maximum absolute atomic E-state index is 11.9. The number of nitrogens with zero attached hydrogens (tertiary/aromatic N) is 4. The second-order valence-electron chi connectivity index (χ2n) is 6.08. The number of aliphatic hydroxyl groups is 1. The highest BCUT2D eigenvalue weighted by molar-refractivity contribution is 5.78. The van der Waals surface area contributed by atoms with Gasteiger partial charge in [-0.3, -0.25) is 9.69 Å². The minimum absolute atomic E-state index is 0.0113. The van der Waals surface area contributed by atoms with Crippen LogP contribution in [0.1, 0.15) is 30.5 Å². The highest BCUT2D eigenvalue weighted by Crippen LogP contribution is 2.38. The summed E-state index contributed by atoms with van der Waals surface area (Å²) in [5.74, 6) is 1.87. The van der Waals surface area contributed by atoms with Crippen molar-refractivity contribution in [2.75, 3.05) is 39.8 Å². The summed E-state index contributed by atoms with van der Waals surface area (Å²) in [5, 5.41) is 17.0. The second kappa shape index (κ2) is 6.72. The van der Waals surface area contributed by atoms with E-state index in [4.69, 9.17) is 4.52 Å². The zero-order valence-corrected chi connectivity index (χ0v) is 12.9. The number of aromatic nitrogens is 2. The molecule has 0 aromatic carbocycles. The summed E-state index contributed by atoms with van der Waals surface area (Å²) in [5.41, 5.74) is 0. The van der Waals surface area contributed by atoms with Gasteiger partial charge in [-0.05, 0) is 19.9 Å². The fraction of sp³-hybridized carbons (Fsp3) is 0.786. The third-order valence-corrected chi connectivity index (χ3v) is 4.05. The second-order valence-corrected chi connectivity index (χ2v) is 6.08. The van der Waals surface area contributed by atoms with Crippen molar-refractivity contribution in [1.82, 2.24) is 25.3 Å². The monoisotopic (exact) mass is 309 g/mol. The van der Waals surface area contributed by atoms with E-state index in [2.05, 4.69) is 20.4 Å². The summed E-state index contributed by atoms with van der Waals surface area (Å²) in [6.07, 6.45) is 1.72. The van der Waals surface area contributed by atoms with Crippen molar-refractivity contribution in [1.29, 1.82) is 0 Å². The van der Waals surface area contributed by atoms with Gasteiger partial charge in [0.15, 0.2) is 5.82 Å². The van der Waals surface area contributed by atoms with E-state index in [9.17, 15) is 9.90 Å². The molecule has 0 unspecified atom stereocenters. The predicted octanol–water partition coefficient (Wildman–Crippen LogP) is -0.828. The van der Waals surface area contributed by atoms with Crippen LogP contribution in [0.15, 0.2) is 4.52 Å². The van der Waals surface area contributed by atoms with Crippen LogP contribution in [0.3, 0.4) is 0 Å². The van der Waals surface area contributed by atoms with Gasteiger partial charge in [-0.2, -0.15) is 4.98 Å². The number of rotatable bonds is 5. The predicted molar refractivity (Wildman–Crippen MR) is 78.1 cm³/mol. The largest absolute Gasteiger partial charge is 0.390 e. The maximum Gasteiger partial charge on any atom is 0.240 e. The summed E-state index contributed by atoms with van der Waals surface area (Å²) in [4.78, 5) is 20.1. The van der Waals surface area contributed by atoms with Crippen LogP contribution < -0.4 is 5.32 Å². The summed E-state index contributed by atoms with van der Waals surface area (Å²) in [6.45, 7) is 2.97. The molecule has 3 rings (SSSR count). The van der Waals surface area contributed by atoms with E-state index in [1.54, 1.807) is 11.9 Å². The molecule has 1 aliphatic heterocycles. The van der Waals surface area contributed by atoms with Crippen molar-refractivity contribution in [2.45, 2.75) is 31.4 Å². The van der Waals surface area contributed by atoms with Crippen LogP contribution in [0.25, 0.3) is 0 Å². The van der Waals surface area contributed by atoms with Crippen LogP contribution in [0.5, 0.6) is 0 Å². The van der Waals surface area contributed by atoms with E-state index in [1.807, 2.05) is 0 Å². The summed E-state index contributed by atoms with van der Waals surface area (Å²) < 4.78 is 5.28. The van der Waals surface area contributed by atoms with Gasteiger partial charge in [0, 0.05) is 32.1 Å². The molecular formula is C14H23N5O3. The number of nitrogens with one attached hydrogen (secondary N) is 1. The number of aliphatic hydroxyl groups excluding tert-OH is 1. The number of β-amino-alcohol motifs (C(OH)–C–C–N with tert-alkyl or cyclic N) is 1. The van der Waals surface area contributed by atoms with E-state index in [0.717, 1.165) is 18.7 Å². The smallest absolute Gasteiger partial charge is 0.240 e. The maximum atomic E-state index is 11.9. The Balaban J connectivity index is 1.56. The molecule has 0 bridgehead atoms. The molecule has 1 aromatic rings. The van der Waals surface area contributed by atoms with Gasteiger partial charge in [0.25, 0.3) is 0 Å². The summed E-state index contributed by atoms with van der Waals surface area (Å²) >= 11 is 0. The lowest BCUT2D eigenvalue weighted by molar-refractivity contribution is -0.131. The highest BCUT2D eigenvalue weighted by atomic mass is 16.5. The first-order valence-corrected chi connectivity index (χ1v) is 7.81. The molecule has 0 radical (unpaired) electrons. The number of carbonyl (C=O) groups is 1. The lowest BCUT2D eigenvalue weighted by atomic mass is 10.3. The Labute approximate surface area is 129 Å². The van der Waals surface area contributed by atoms with E-state index >= 15 is 0 Å². The van der Waals surface area contributed by atoms with Crippen LogP contribution in [0.4, 0.5) is 0 Å². The summed E-state index contributed by atoms with van der Waals surface area (Å²) in [7, 11) is 1.74. The molecule has 22 heavy (non-hydrogen) atoms. The Kier molecular flexibility index (Phi) is 4.70. The van der Waals surface area contributed by atoms with Gasteiger partial charge in [0.05, 0.1) is 19.2 Å². The molecule has 2 heterocycles. The van der Waals surface area contributed by atoms with Gasteiger partial charge in [-0.15, -0.1) is 0 Å².